The summed E-state index contributed by atoms with van der Waals surface area (Å²) in [6.45, 7) is 0. The zero-order chi connectivity index (χ0) is 23.9. The molecule has 2 heterocycles. The molecule has 4 aromatic rings. The second-order valence-corrected chi connectivity index (χ2v) is 10.9. The minimum absolute atomic E-state index is 0.556. The lowest BCUT2D eigenvalue weighted by Crippen LogP contribution is -2.17. The first kappa shape index (κ1) is 21.7. The first-order valence-electron chi connectivity index (χ1n) is 13.8. The van der Waals surface area contributed by atoms with Crippen molar-refractivity contribution in [2.45, 2.75) is 63.5 Å². The summed E-state index contributed by atoms with van der Waals surface area (Å²) in [6.07, 6.45) is 9.55. The molecule has 7 rings (SSSR count). The normalized spacial score (nSPS) is 18.3. The van der Waals surface area contributed by atoms with Gasteiger partial charge >= 0.3 is 0 Å². The van der Waals surface area contributed by atoms with Gasteiger partial charge in [-0.2, -0.15) is 0 Å². The van der Waals surface area contributed by atoms with Crippen LogP contribution in [-0.2, 0) is 25.7 Å². The third-order valence-corrected chi connectivity index (χ3v) is 8.47. The lowest BCUT2D eigenvalue weighted by Gasteiger charge is -2.29. The van der Waals surface area contributed by atoms with Crippen LogP contribution in [0.1, 0.15) is 47.9 Å². The molecule has 2 N–H and O–H groups in total. The minimum Gasteiger partial charge on any atom is -0.381 e. The van der Waals surface area contributed by atoms with Gasteiger partial charge in [-0.05, 0) is 84.7 Å². The monoisotopic (exact) mass is 470 g/mol. The molecule has 2 nitrogen and oxygen atoms in total. The van der Waals surface area contributed by atoms with Crippen LogP contribution in [0.15, 0.2) is 84.9 Å². The maximum absolute atomic E-state index is 3.92. The Bertz CT molecular complexity index is 1270. The highest BCUT2D eigenvalue weighted by Gasteiger charge is 2.36. The third kappa shape index (κ3) is 3.89. The minimum atomic E-state index is 0.556. The molecular formula is C34H34N2. The van der Waals surface area contributed by atoms with Crippen molar-refractivity contribution in [3.05, 3.63) is 107 Å². The van der Waals surface area contributed by atoms with Crippen molar-refractivity contribution >= 4 is 11.4 Å². The van der Waals surface area contributed by atoms with Crippen molar-refractivity contribution in [3.8, 4) is 22.3 Å². The molecule has 36 heavy (non-hydrogen) atoms. The Morgan fingerprint density at radius 2 is 0.972 bits per heavy atom. The van der Waals surface area contributed by atoms with E-state index in [1.165, 1.54) is 94.4 Å². The van der Waals surface area contributed by atoms with Crippen LogP contribution in [-0.4, -0.2) is 12.1 Å². The predicted octanol–water partition coefficient (Wildman–Crippen LogP) is 8.05. The van der Waals surface area contributed by atoms with Gasteiger partial charge in [0.15, 0.2) is 0 Å². The Hall–Kier alpha value is -3.52. The fraction of sp³-hybridized carbons (Fsp3) is 0.294. The lowest BCUT2D eigenvalue weighted by molar-refractivity contribution is 0.632. The Morgan fingerprint density at radius 1 is 0.528 bits per heavy atom. The summed E-state index contributed by atoms with van der Waals surface area (Å²) in [5.41, 5.74) is 14.5. The number of fused-ring (bicyclic) bond motifs is 8. The molecule has 0 radical (unpaired) electrons. The van der Waals surface area contributed by atoms with E-state index in [1.807, 2.05) is 0 Å². The van der Waals surface area contributed by atoms with E-state index in [4.69, 9.17) is 0 Å². The van der Waals surface area contributed by atoms with Crippen molar-refractivity contribution in [3.63, 3.8) is 0 Å². The summed E-state index contributed by atoms with van der Waals surface area (Å²) in [6, 6.07) is 32.4. The Kier molecular flexibility index (Phi) is 5.54. The molecular weight excluding hydrogens is 436 g/mol. The van der Waals surface area contributed by atoms with Crippen molar-refractivity contribution in [1.82, 2.24) is 0 Å². The van der Waals surface area contributed by atoms with Crippen molar-refractivity contribution < 1.29 is 0 Å². The van der Waals surface area contributed by atoms with Gasteiger partial charge in [-0.3, -0.25) is 0 Å². The molecule has 2 atom stereocenters. The summed E-state index contributed by atoms with van der Waals surface area (Å²) in [5, 5.41) is 7.84. The lowest BCUT2D eigenvalue weighted by atomic mass is 9.77. The molecule has 0 saturated carbocycles. The molecule has 1 aliphatic carbocycles. The van der Waals surface area contributed by atoms with E-state index < -0.39 is 0 Å². The van der Waals surface area contributed by atoms with Crippen LogP contribution in [0, 0.1) is 0 Å². The van der Waals surface area contributed by atoms with E-state index in [2.05, 4.69) is 95.6 Å². The van der Waals surface area contributed by atoms with Crippen LogP contribution in [0.25, 0.3) is 22.3 Å². The van der Waals surface area contributed by atoms with Gasteiger partial charge in [0.1, 0.15) is 0 Å². The summed E-state index contributed by atoms with van der Waals surface area (Å²) in [4.78, 5) is 0. The number of anilines is 2. The second-order valence-electron chi connectivity index (χ2n) is 10.9. The molecule has 0 saturated heterocycles. The zero-order valence-corrected chi connectivity index (χ0v) is 20.9. The Labute approximate surface area is 214 Å². The second kappa shape index (κ2) is 9.17. The van der Waals surface area contributed by atoms with Crippen LogP contribution >= 0.6 is 0 Å². The van der Waals surface area contributed by atoms with E-state index in [1.54, 1.807) is 0 Å². The maximum Gasteiger partial charge on any atom is 0.0462 e. The first-order chi connectivity index (χ1) is 17.8. The fourth-order valence-corrected chi connectivity index (χ4v) is 6.66. The molecule has 0 amide bonds. The Morgan fingerprint density at radius 3 is 1.42 bits per heavy atom. The van der Waals surface area contributed by atoms with Crippen molar-refractivity contribution in [2.24, 2.45) is 0 Å². The van der Waals surface area contributed by atoms with Crippen LogP contribution < -0.4 is 10.6 Å². The number of rotatable bonds is 8. The summed E-state index contributed by atoms with van der Waals surface area (Å²) >= 11 is 0. The first-order valence-corrected chi connectivity index (χ1v) is 13.8. The quantitative estimate of drug-likeness (QED) is 0.240. The largest absolute Gasteiger partial charge is 0.381 e. The molecule has 0 spiro atoms. The molecule has 2 unspecified atom stereocenters. The number of hydrogen-bond donors (Lipinski definition) is 2. The van der Waals surface area contributed by atoms with Gasteiger partial charge in [0.2, 0.25) is 0 Å². The SMILES string of the molecule is c1ccc(CCCC2Cc3ccc4c(c3N2)-c2ccc3c(c2-4)NC(CCCc2ccccc2)C3)cc1. The van der Waals surface area contributed by atoms with E-state index in [-0.39, 0.29) is 0 Å². The highest BCUT2D eigenvalue weighted by molar-refractivity contribution is 6.13. The standard InChI is InChI=1S/C34H34N2/c1-3-9-23(10-4-1)13-7-15-27-21-25-17-19-29-31(33(25)35-27)30-20-18-26-22-28(36-34(26)32(29)30)16-8-14-24-11-5-2-6-12-24/h1-6,9-12,17-20,27-28,35-36H,7-8,13-16,21-22H2. The van der Waals surface area contributed by atoms with Crippen molar-refractivity contribution in [2.75, 3.05) is 10.6 Å². The summed E-state index contributed by atoms with van der Waals surface area (Å²) in [5.74, 6) is 0. The molecule has 0 aromatic heterocycles. The van der Waals surface area contributed by atoms with Crippen LogP contribution in [0.3, 0.4) is 0 Å². The van der Waals surface area contributed by atoms with E-state index in [0.717, 1.165) is 12.8 Å². The number of hydrogen-bond acceptors (Lipinski definition) is 2. The highest BCUT2D eigenvalue weighted by Crippen LogP contribution is 2.58. The molecule has 180 valence electrons. The van der Waals surface area contributed by atoms with E-state index in [9.17, 15) is 0 Å². The smallest absolute Gasteiger partial charge is 0.0462 e. The predicted molar refractivity (Wildman–Crippen MR) is 152 cm³/mol. The topological polar surface area (TPSA) is 24.1 Å². The average Bonchev–Trinajstić information content (AvgIpc) is 3.49. The number of benzene rings is 4. The van der Waals surface area contributed by atoms with E-state index >= 15 is 0 Å². The average molecular weight is 471 g/mol. The summed E-state index contributed by atoms with van der Waals surface area (Å²) in [7, 11) is 0. The Balaban J connectivity index is 1.01. The van der Waals surface area contributed by atoms with Gasteiger partial charge in [0, 0.05) is 34.6 Å². The molecule has 3 aliphatic rings. The maximum atomic E-state index is 3.92. The highest BCUT2D eigenvalue weighted by atomic mass is 15.0. The van der Waals surface area contributed by atoms with Crippen molar-refractivity contribution in [1.29, 1.82) is 0 Å². The molecule has 4 aromatic carbocycles. The molecule has 2 aliphatic heterocycles. The van der Waals surface area contributed by atoms with Gasteiger partial charge in [-0.1, -0.05) is 84.9 Å². The summed E-state index contributed by atoms with van der Waals surface area (Å²) < 4.78 is 0. The molecule has 0 fully saturated rings. The number of aryl methyl sites for hydroxylation is 2. The van der Waals surface area contributed by atoms with Gasteiger partial charge in [0.25, 0.3) is 0 Å². The van der Waals surface area contributed by atoms with E-state index in [0.29, 0.717) is 12.1 Å². The zero-order valence-electron chi connectivity index (χ0n) is 20.9. The fourth-order valence-electron chi connectivity index (χ4n) is 6.66. The van der Waals surface area contributed by atoms with Gasteiger partial charge in [0.05, 0.1) is 0 Å². The van der Waals surface area contributed by atoms with Crippen LogP contribution in [0.2, 0.25) is 0 Å². The van der Waals surface area contributed by atoms with Gasteiger partial charge in [-0.25, -0.2) is 0 Å². The van der Waals surface area contributed by atoms with Crippen LogP contribution in [0.5, 0.6) is 0 Å². The van der Waals surface area contributed by atoms with Gasteiger partial charge < -0.3 is 10.6 Å². The van der Waals surface area contributed by atoms with Gasteiger partial charge in [-0.15, -0.1) is 0 Å². The molecule has 0 bridgehead atoms. The third-order valence-electron chi connectivity index (χ3n) is 8.47. The number of nitrogens with one attached hydrogen (secondary N) is 2. The van der Waals surface area contributed by atoms with Crippen LogP contribution in [0.4, 0.5) is 11.4 Å². The molecule has 2 heteroatoms.